The van der Waals surface area contributed by atoms with Gasteiger partial charge < -0.3 is 15.5 Å². The Morgan fingerprint density at radius 3 is 2.29 bits per heavy atom. The molecule has 188 valence electrons. The van der Waals surface area contributed by atoms with E-state index in [9.17, 15) is 22.8 Å². The SMILES string of the molecule is CC(=O)N1c2ccc(S(=O)(=O)NCCNC(=O)c3ccc(NC(=O)C(C)(C)C)cc3)cc2CC1C. The lowest BCUT2D eigenvalue weighted by atomic mass is 9.95. The quantitative estimate of drug-likeness (QED) is 0.504. The molecule has 0 saturated heterocycles. The Morgan fingerprint density at radius 2 is 1.69 bits per heavy atom. The van der Waals surface area contributed by atoms with Gasteiger partial charge in [-0.05, 0) is 61.4 Å². The van der Waals surface area contributed by atoms with Crippen LogP contribution in [0.4, 0.5) is 11.4 Å². The maximum atomic E-state index is 12.7. The summed E-state index contributed by atoms with van der Waals surface area (Å²) in [5.41, 5.74) is 2.00. The van der Waals surface area contributed by atoms with Gasteiger partial charge in [-0.1, -0.05) is 20.8 Å². The second-order valence-electron chi connectivity index (χ2n) is 9.67. The number of sulfonamides is 1. The summed E-state index contributed by atoms with van der Waals surface area (Å²) in [6.45, 7) is 8.96. The molecule has 1 atom stereocenters. The Labute approximate surface area is 206 Å². The minimum absolute atomic E-state index is 0.0147. The predicted octanol–water partition coefficient (Wildman–Crippen LogP) is 2.68. The molecule has 0 aromatic heterocycles. The highest BCUT2D eigenvalue weighted by molar-refractivity contribution is 7.89. The van der Waals surface area contributed by atoms with Crippen molar-refractivity contribution in [3.8, 4) is 0 Å². The van der Waals surface area contributed by atoms with Gasteiger partial charge in [0.1, 0.15) is 0 Å². The molecule has 0 aliphatic carbocycles. The molecule has 3 rings (SSSR count). The van der Waals surface area contributed by atoms with E-state index in [1.807, 2.05) is 27.7 Å². The molecule has 9 nitrogen and oxygen atoms in total. The number of hydrogen-bond donors (Lipinski definition) is 3. The van der Waals surface area contributed by atoms with E-state index in [4.69, 9.17) is 0 Å². The van der Waals surface area contributed by atoms with Crippen molar-refractivity contribution in [1.29, 1.82) is 0 Å². The van der Waals surface area contributed by atoms with Crippen LogP contribution in [0, 0.1) is 5.41 Å². The van der Waals surface area contributed by atoms with Crippen LogP contribution >= 0.6 is 0 Å². The average Bonchev–Trinajstić information content (AvgIpc) is 3.11. The monoisotopic (exact) mass is 500 g/mol. The smallest absolute Gasteiger partial charge is 0.251 e. The fraction of sp³-hybridized carbons (Fsp3) is 0.400. The summed E-state index contributed by atoms with van der Waals surface area (Å²) in [5, 5.41) is 5.47. The predicted molar refractivity (Wildman–Crippen MR) is 135 cm³/mol. The lowest BCUT2D eigenvalue weighted by Gasteiger charge is -2.20. The molecule has 0 saturated carbocycles. The number of fused-ring (bicyclic) bond motifs is 1. The number of rotatable bonds is 7. The number of nitrogens with zero attached hydrogens (tertiary/aromatic N) is 1. The van der Waals surface area contributed by atoms with Crippen molar-refractivity contribution in [2.45, 2.75) is 52.0 Å². The maximum absolute atomic E-state index is 12.7. The molecule has 0 radical (unpaired) electrons. The molecule has 35 heavy (non-hydrogen) atoms. The average molecular weight is 501 g/mol. The van der Waals surface area contributed by atoms with Gasteiger partial charge in [-0.15, -0.1) is 0 Å². The number of benzene rings is 2. The Balaban J connectivity index is 1.52. The van der Waals surface area contributed by atoms with Crippen molar-refractivity contribution in [1.82, 2.24) is 10.0 Å². The molecule has 10 heteroatoms. The third kappa shape index (κ3) is 6.26. The zero-order valence-electron chi connectivity index (χ0n) is 20.6. The van der Waals surface area contributed by atoms with E-state index in [2.05, 4.69) is 15.4 Å². The molecular weight excluding hydrogens is 468 g/mol. The Kier molecular flexibility index (Phi) is 7.66. The molecule has 0 fully saturated rings. The van der Waals surface area contributed by atoms with Gasteiger partial charge in [0.05, 0.1) is 4.90 Å². The van der Waals surface area contributed by atoms with Crippen molar-refractivity contribution in [3.05, 3.63) is 53.6 Å². The molecule has 3 N–H and O–H groups in total. The molecule has 0 bridgehead atoms. The summed E-state index contributed by atoms with van der Waals surface area (Å²) >= 11 is 0. The summed E-state index contributed by atoms with van der Waals surface area (Å²) in [4.78, 5) is 38.1. The van der Waals surface area contributed by atoms with Crippen LogP contribution in [-0.4, -0.2) is 45.3 Å². The molecule has 2 aromatic rings. The Morgan fingerprint density at radius 1 is 1.03 bits per heavy atom. The van der Waals surface area contributed by atoms with Crippen molar-refractivity contribution >= 4 is 39.1 Å². The van der Waals surface area contributed by atoms with Gasteiger partial charge in [0.2, 0.25) is 21.8 Å². The number of anilines is 2. The third-order valence-corrected chi connectivity index (χ3v) is 7.16. The molecule has 1 aliphatic rings. The molecule has 0 spiro atoms. The van der Waals surface area contributed by atoms with E-state index in [0.717, 1.165) is 11.3 Å². The summed E-state index contributed by atoms with van der Waals surface area (Å²) in [5.74, 6) is -0.560. The van der Waals surface area contributed by atoms with Crippen molar-refractivity contribution in [2.75, 3.05) is 23.3 Å². The van der Waals surface area contributed by atoms with E-state index >= 15 is 0 Å². The Bertz CT molecular complexity index is 1230. The van der Waals surface area contributed by atoms with Gasteiger partial charge in [0.25, 0.3) is 5.91 Å². The highest BCUT2D eigenvalue weighted by Gasteiger charge is 2.30. The first-order valence-electron chi connectivity index (χ1n) is 11.4. The van der Waals surface area contributed by atoms with Crippen LogP contribution in [0.2, 0.25) is 0 Å². The van der Waals surface area contributed by atoms with Gasteiger partial charge in [-0.3, -0.25) is 14.4 Å². The van der Waals surface area contributed by atoms with Crippen LogP contribution in [-0.2, 0) is 26.0 Å². The van der Waals surface area contributed by atoms with Crippen LogP contribution in [0.5, 0.6) is 0 Å². The number of carbonyl (C=O) groups is 3. The van der Waals surface area contributed by atoms with E-state index in [1.165, 1.54) is 13.0 Å². The lowest BCUT2D eigenvalue weighted by Crippen LogP contribution is -2.34. The number of amides is 3. The van der Waals surface area contributed by atoms with E-state index in [-0.39, 0.29) is 41.7 Å². The van der Waals surface area contributed by atoms with Gasteiger partial charge in [0, 0.05) is 48.4 Å². The Hall–Kier alpha value is -3.24. The second-order valence-corrected chi connectivity index (χ2v) is 11.4. The zero-order chi connectivity index (χ0) is 26.0. The van der Waals surface area contributed by atoms with Crippen LogP contribution in [0.1, 0.15) is 50.5 Å². The number of hydrogen-bond acceptors (Lipinski definition) is 5. The normalized spacial score (nSPS) is 15.5. The van der Waals surface area contributed by atoms with E-state index < -0.39 is 15.4 Å². The van der Waals surface area contributed by atoms with E-state index in [0.29, 0.717) is 17.7 Å². The second kappa shape index (κ2) is 10.2. The number of carbonyl (C=O) groups excluding carboxylic acids is 3. The van der Waals surface area contributed by atoms with Gasteiger partial charge in [0.15, 0.2) is 0 Å². The highest BCUT2D eigenvalue weighted by atomic mass is 32.2. The highest BCUT2D eigenvalue weighted by Crippen LogP contribution is 2.33. The number of nitrogens with one attached hydrogen (secondary N) is 3. The van der Waals surface area contributed by atoms with Crippen LogP contribution in [0.25, 0.3) is 0 Å². The van der Waals surface area contributed by atoms with Crippen molar-refractivity contribution in [2.24, 2.45) is 5.41 Å². The summed E-state index contributed by atoms with van der Waals surface area (Å²) < 4.78 is 27.9. The third-order valence-electron chi connectivity index (χ3n) is 5.70. The minimum Gasteiger partial charge on any atom is -0.351 e. The van der Waals surface area contributed by atoms with Gasteiger partial charge in [-0.25, -0.2) is 13.1 Å². The maximum Gasteiger partial charge on any atom is 0.251 e. The minimum atomic E-state index is -3.77. The molecule has 1 heterocycles. The van der Waals surface area contributed by atoms with E-state index in [1.54, 1.807) is 41.3 Å². The zero-order valence-corrected chi connectivity index (χ0v) is 21.5. The molecule has 3 amide bonds. The molecule has 2 aromatic carbocycles. The summed E-state index contributed by atoms with van der Waals surface area (Å²) in [7, 11) is -3.77. The topological polar surface area (TPSA) is 125 Å². The van der Waals surface area contributed by atoms with Crippen LogP contribution < -0.4 is 20.3 Å². The first kappa shape index (κ1) is 26.4. The fourth-order valence-electron chi connectivity index (χ4n) is 3.82. The van der Waals surface area contributed by atoms with Crippen molar-refractivity contribution < 1.29 is 22.8 Å². The van der Waals surface area contributed by atoms with Gasteiger partial charge in [-0.2, -0.15) is 0 Å². The fourth-order valence-corrected chi connectivity index (χ4v) is 4.91. The summed E-state index contributed by atoms with van der Waals surface area (Å²) in [6.07, 6.45) is 0.590. The molecule has 1 aliphatic heterocycles. The largest absolute Gasteiger partial charge is 0.351 e. The first-order valence-corrected chi connectivity index (χ1v) is 12.9. The molecule has 1 unspecified atom stereocenters. The summed E-state index contributed by atoms with van der Waals surface area (Å²) in [6, 6.07) is 11.2. The lowest BCUT2D eigenvalue weighted by molar-refractivity contribution is -0.123. The molecular formula is C25H32N4O5S. The first-order chi connectivity index (χ1) is 16.3. The van der Waals surface area contributed by atoms with Crippen molar-refractivity contribution in [3.63, 3.8) is 0 Å². The van der Waals surface area contributed by atoms with Gasteiger partial charge >= 0.3 is 0 Å². The van der Waals surface area contributed by atoms with Crippen LogP contribution in [0.15, 0.2) is 47.4 Å². The standard InChI is InChI=1S/C25H32N4O5S/c1-16-14-19-15-21(10-11-22(19)29(16)17(2)30)35(33,34)27-13-12-26-23(31)18-6-8-20(9-7-18)28-24(32)25(3,4)5/h6-11,15-16,27H,12-14H2,1-5H3,(H,26,31)(H,28,32). The van der Waals surface area contributed by atoms with Crippen LogP contribution in [0.3, 0.4) is 0 Å².